The van der Waals surface area contributed by atoms with Gasteiger partial charge in [-0.3, -0.25) is 34.2 Å². The fourth-order valence-corrected chi connectivity index (χ4v) is 3.08. The van der Waals surface area contributed by atoms with Gasteiger partial charge in [-0.2, -0.15) is 0 Å². The second kappa shape index (κ2) is 6.70. The van der Waals surface area contributed by atoms with Crippen LogP contribution in [-0.4, -0.2) is 40.0 Å². The molecule has 5 amide bonds. The van der Waals surface area contributed by atoms with Gasteiger partial charge in [-0.1, -0.05) is 20.4 Å². The second-order valence-electron chi connectivity index (χ2n) is 6.23. The van der Waals surface area contributed by atoms with Crippen molar-refractivity contribution < 1.29 is 24.0 Å². The number of hydrogen-bond donors (Lipinski definition) is 2. The third-order valence-electron chi connectivity index (χ3n) is 4.58. The SMILES string of the molecule is C.CCC(=O)Nc1cccc2c1C(=O)N(C1(C)CCC(=O)NC1=O)C2=O. The van der Waals surface area contributed by atoms with Crippen molar-refractivity contribution in [1.29, 1.82) is 0 Å². The van der Waals surface area contributed by atoms with Crippen molar-refractivity contribution in [1.82, 2.24) is 10.2 Å². The Morgan fingerprint density at radius 1 is 1.23 bits per heavy atom. The highest BCUT2D eigenvalue weighted by atomic mass is 16.2. The molecule has 0 aromatic heterocycles. The zero-order valence-electron chi connectivity index (χ0n) is 13.8. The van der Waals surface area contributed by atoms with Gasteiger partial charge in [0.05, 0.1) is 16.8 Å². The summed E-state index contributed by atoms with van der Waals surface area (Å²) in [6.07, 6.45) is 0.312. The number of imide groups is 2. The van der Waals surface area contributed by atoms with E-state index in [1.165, 1.54) is 19.1 Å². The molecule has 8 nitrogen and oxygen atoms in total. The molecule has 3 rings (SSSR count). The van der Waals surface area contributed by atoms with Gasteiger partial charge in [-0.25, -0.2) is 0 Å². The van der Waals surface area contributed by atoms with Crippen LogP contribution in [0.1, 0.15) is 61.3 Å². The number of nitrogens with zero attached hydrogens (tertiary/aromatic N) is 1. The molecule has 26 heavy (non-hydrogen) atoms. The number of carbonyl (C=O) groups is 5. The molecule has 1 unspecified atom stereocenters. The van der Waals surface area contributed by atoms with E-state index in [1.54, 1.807) is 13.0 Å². The monoisotopic (exact) mass is 359 g/mol. The van der Waals surface area contributed by atoms with E-state index in [9.17, 15) is 24.0 Å². The Morgan fingerprint density at radius 3 is 2.54 bits per heavy atom. The first kappa shape index (κ1) is 19.3. The third kappa shape index (κ3) is 2.77. The molecule has 138 valence electrons. The number of amides is 5. The van der Waals surface area contributed by atoms with Gasteiger partial charge >= 0.3 is 0 Å². The number of benzene rings is 1. The van der Waals surface area contributed by atoms with Crippen molar-refractivity contribution >= 4 is 35.2 Å². The van der Waals surface area contributed by atoms with Gasteiger partial charge in [0.1, 0.15) is 5.54 Å². The normalized spacial score (nSPS) is 21.8. The van der Waals surface area contributed by atoms with Crippen LogP contribution in [0.3, 0.4) is 0 Å². The summed E-state index contributed by atoms with van der Waals surface area (Å²) in [5.41, 5.74) is -1.02. The minimum Gasteiger partial charge on any atom is -0.325 e. The Hall–Kier alpha value is -3.03. The van der Waals surface area contributed by atoms with Gasteiger partial charge in [0.25, 0.3) is 17.7 Å². The van der Waals surface area contributed by atoms with E-state index >= 15 is 0 Å². The maximum Gasteiger partial charge on any atom is 0.264 e. The molecule has 1 aromatic carbocycles. The van der Waals surface area contributed by atoms with Crippen LogP contribution in [0, 0.1) is 0 Å². The molecular formula is C18H21N3O5. The third-order valence-corrected chi connectivity index (χ3v) is 4.58. The van der Waals surface area contributed by atoms with Gasteiger partial charge in [-0.05, 0) is 25.5 Å². The van der Waals surface area contributed by atoms with Crippen LogP contribution < -0.4 is 10.6 Å². The molecule has 0 radical (unpaired) electrons. The van der Waals surface area contributed by atoms with Gasteiger partial charge < -0.3 is 5.32 Å². The van der Waals surface area contributed by atoms with Crippen LogP contribution in [0.4, 0.5) is 5.69 Å². The first-order valence-corrected chi connectivity index (χ1v) is 7.95. The quantitative estimate of drug-likeness (QED) is 0.794. The number of hydrogen-bond acceptors (Lipinski definition) is 5. The maximum atomic E-state index is 12.9. The lowest BCUT2D eigenvalue weighted by molar-refractivity contribution is -0.141. The van der Waals surface area contributed by atoms with Crippen LogP contribution in [0.5, 0.6) is 0 Å². The van der Waals surface area contributed by atoms with Gasteiger partial charge in [0.15, 0.2) is 0 Å². The highest BCUT2D eigenvalue weighted by Crippen LogP contribution is 2.36. The molecule has 8 heteroatoms. The van der Waals surface area contributed by atoms with Gasteiger partial charge in [0.2, 0.25) is 11.8 Å². The van der Waals surface area contributed by atoms with Crippen LogP contribution in [0.15, 0.2) is 18.2 Å². The molecule has 1 saturated heterocycles. The van der Waals surface area contributed by atoms with E-state index in [0.717, 1.165) is 4.90 Å². The zero-order chi connectivity index (χ0) is 18.4. The van der Waals surface area contributed by atoms with Crippen LogP contribution in [-0.2, 0) is 14.4 Å². The first-order valence-electron chi connectivity index (χ1n) is 7.95. The lowest BCUT2D eigenvalue weighted by atomic mass is 9.89. The van der Waals surface area contributed by atoms with Crippen molar-refractivity contribution in [2.45, 2.75) is 46.1 Å². The molecular weight excluding hydrogens is 338 g/mol. The van der Waals surface area contributed by atoms with E-state index in [0.29, 0.717) is 0 Å². The number of piperidine rings is 1. The predicted molar refractivity (Wildman–Crippen MR) is 93.4 cm³/mol. The topological polar surface area (TPSA) is 113 Å². The summed E-state index contributed by atoms with van der Waals surface area (Å²) >= 11 is 0. The van der Waals surface area contributed by atoms with Gasteiger partial charge in [-0.15, -0.1) is 0 Å². The molecule has 2 aliphatic rings. The Bertz CT molecular complexity index is 832. The van der Waals surface area contributed by atoms with Crippen LogP contribution >= 0.6 is 0 Å². The van der Waals surface area contributed by atoms with E-state index < -0.39 is 29.2 Å². The minimum absolute atomic E-state index is 0. The van der Waals surface area contributed by atoms with E-state index in [4.69, 9.17) is 0 Å². The molecule has 1 atom stereocenters. The largest absolute Gasteiger partial charge is 0.325 e. The average molecular weight is 359 g/mol. The first-order chi connectivity index (χ1) is 11.8. The minimum atomic E-state index is -1.45. The number of rotatable bonds is 3. The molecule has 0 saturated carbocycles. The highest BCUT2D eigenvalue weighted by molar-refractivity contribution is 6.26. The van der Waals surface area contributed by atoms with E-state index in [-0.39, 0.29) is 49.4 Å². The lowest BCUT2D eigenvalue weighted by Crippen LogP contribution is -2.62. The molecule has 0 spiro atoms. The average Bonchev–Trinajstić information content (AvgIpc) is 2.84. The molecule has 1 fully saturated rings. The smallest absolute Gasteiger partial charge is 0.264 e. The summed E-state index contributed by atoms with van der Waals surface area (Å²) in [4.78, 5) is 62.0. The molecule has 2 heterocycles. The van der Waals surface area contributed by atoms with Gasteiger partial charge in [0, 0.05) is 12.8 Å². The Morgan fingerprint density at radius 2 is 1.92 bits per heavy atom. The number of fused-ring (bicyclic) bond motifs is 1. The Kier molecular flexibility index (Phi) is 4.97. The number of anilines is 1. The summed E-state index contributed by atoms with van der Waals surface area (Å²) in [5.74, 6) is -2.68. The number of carbonyl (C=O) groups excluding carboxylic acids is 5. The van der Waals surface area contributed by atoms with Crippen molar-refractivity contribution in [3.05, 3.63) is 29.3 Å². The second-order valence-corrected chi connectivity index (χ2v) is 6.23. The fourth-order valence-electron chi connectivity index (χ4n) is 3.08. The molecule has 0 bridgehead atoms. The van der Waals surface area contributed by atoms with Crippen LogP contribution in [0.25, 0.3) is 0 Å². The predicted octanol–water partition coefficient (Wildman–Crippen LogP) is 1.46. The molecule has 2 aliphatic heterocycles. The fraction of sp³-hybridized carbons (Fsp3) is 0.389. The molecule has 0 aliphatic carbocycles. The highest BCUT2D eigenvalue weighted by Gasteiger charge is 2.53. The standard InChI is InChI=1S/C17H17N3O5.CH4/c1-3-11(21)18-10-6-4-5-9-13(10)15(24)20(14(9)23)17(2)8-7-12(22)19-16(17)25;/h4-6H,3,7-8H2,1-2H3,(H,18,21)(H,19,22,25);1H4. The zero-order valence-corrected chi connectivity index (χ0v) is 13.8. The summed E-state index contributed by atoms with van der Waals surface area (Å²) in [7, 11) is 0. The number of nitrogens with one attached hydrogen (secondary N) is 2. The summed E-state index contributed by atoms with van der Waals surface area (Å²) in [6.45, 7) is 3.13. The van der Waals surface area contributed by atoms with E-state index in [2.05, 4.69) is 10.6 Å². The maximum absolute atomic E-state index is 12.9. The van der Waals surface area contributed by atoms with Crippen molar-refractivity contribution in [2.75, 3.05) is 5.32 Å². The summed E-state index contributed by atoms with van der Waals surface area (Å²) in [5, 5.41) is 4.78. The lowest BCUT2D eigenvalue weighted by Gasteiger charge is -2.38. The van der Waals surface area contributed by atoms with Crippen LogP contribution in [0.2, 0.25) is 0 Å². The Labute approximate surface area is 150 Å². The van der Waals surface area contributed by atoms with E-state index in [1.807, 2.05) is 0 Å². The molecule has 2 N–H and O–H groups in total. The summed E-state index contributed by atoms with van der Waals surface area (Å²) < 4.78 is 0. The van der Waals surface area contributed by atoms with Crippen molar-refractivity contribution in [3.8, 4) is 0 Å². The van der Waals surface area contributed by atoms with Crippen molar-refractivity contribution in [3.63, 3.8) is 0 Å². The van der Waals surface area contributed by atoms with Crippen molar-refractivity contribution in [2.24, 2.45) is 0 Å². The molecule has 1 aromatic rings. The Balaban J connectivity index is 0.00000243. The summed E-state index contributed by atoms with van der Waals surface area (Å²) in [6, 6.07) is 4.58.